The van der Waals surface area contributed by atoms with Crippen molar-refractivity contribution < 1.29 is 14.3 Å². The summed E-state index contributed by atoms with van der Waals surface area (Å²) in [5.74, 6) is -0.200. The summed E-state index contributed by atoms with van der Waals surface area (Å²) < 4.78 is 5.37. The molecule has 0 atom stereocenters. The molecule has 0 saturated carbocycles. The molecule has 0 aromatic heterocycles. The third kappa shape index (κ3) is 5.52. The highest BCUT2D eigenvalue weighted by atomic mass is 32.2. The predicted molar refractivity (Wildman–Crippen MR) is 122 cm³/mol. The Morgan fingerprint density at radius 3 is 2.40 bits per heavy atom. The van der Waals surface area contributed by atoms with Crippen LogP contribution < -0.4 is 15.4 Å². The molecular weight excluding hydrogens is 396 g/mol. The number of rotatable bonds is 7. The van der Waals surface area contributed by atoms with E-state index in [9.17, 15) is 9.59 Å². The molecule has 0 aliphatic rings. The highest BCUT2D eigenvalue weighted by Gasteiger charge is 2.16. The van der Waals surface area contributed by atoms with E-state index in [4.69, 9.17) is 4.74 Å². The van der Waals surface area contributed by atoms with Crippen molar-refractivity contribution in [3.63, 3.8) is 0 Å². The molecule has 0 saturated heterocycles. The van der Waals surface area contributed by atoms with Gasteiger partial charge in [-0.15, -0.1) is 11.8 Å². The summed E-state index contributed by atoms with van der Waals surface area (Å²) in [4.78, 5) is 26.8. The van der Waals surface area contributed by atoms with E-state index in [-0.39, 0.29) is 11.6 Å². The van der Waals surface area contributed by atoms with E-state index < -0.39 is 5.91 Å². The Balaban J connectivity index is 1.92. The first-order chi connectivity index (χ1) is 14.6. The molecule has 0 aliphatic carbocycles. The first kappa shape index (κ1) is 21.2. The molecule has 0 unspecified atom stereocenters. The van der Waals surface area contributed by atoms with Crippen LogP contribution in [0.15, 0.2) is 89.5 Å². The molecule has 0 aliphatic heterocycles. The lowest BCUT2D eigenvalue weighted by Gasteiger charge is -2.13. The van der Waals surface area contributed by atoms with Crippen LogP contribution in [0, 0.1) is 0 Å². The van der Waals surface area contributed by atoms with Crippen molar-refractivity contribution in [2.24, 2.45) is 0 Å². The number of para-hydroxylation sites is 1. The number of anilines is 1. The molecule has 0 radical (unpaired) electrons. The van der Waals surface area contributed by atoms with Crippen LogP contribution >= 0.6 is 11.8 Å². The highest BCUT2D eigenvalue weighted by Crippen LogP contribution is 2.22. The Morgan fingerprint density at radius 2 is 1.67 bits per heavy atom. The van der Waals surface area contributed by atoms with Gasteiger partial charge < -0.3 is 15.4 Å². The van der Waals surface area contributed by atoms with Gasteiger partial charge in [-0.1, -0.05) is 42.5 Å². The number of hydrogen-bond donors (Lipinski definition) is 2. The van der Waals surface area contributed by atoms with Gasteiger partial charge >= 0.3 is 0 Å². The van der Waals surface area contributed by atoms with Crippen LogP contribution in [-0.2, 0) is 4.79 Å². The van der Waals surface area contributed by atoms with Gasteiger partial charge in [0, 0.05) is 21.7 Å². The summed E-state index contributed by atoms with van der Waals surface area (Å²) in [6.07, 6.45) is 3.57. The minimum Gasteiger partial charge on any atom is -0.496 e. The van der Waals surface area contributed by atoms with E-state index in [1.165, 1.54) is 0 Å². The van der Waals surface area contributed by atoms with Gasteiger partial charge in [-0.05, 0) is 48.7 Å². The standard InChI is InChI=1S/C24H22N2O3S/c1-29-22-14-7-6-11-18(22)15-21(26-23(27)17-9-4-3-5-10-17)24(28)25-19-12-8-13-20(16-19)30-2/h3-16H,1-2H3,(H,25,28)(H,26,27)/b21-15+. The molecule has 30 heavy (non-hydrogen) atoms. The Kier molecular flexibility index (Phi) is 7.29. The molecule has 2 amide bonds. The van der Waals surface area contributed by atoms with Crippen molar-refractivity contribution in [1.29, 1.82) is 0 Å². The van der Waals surface area contributed by atoms with Gasteiger partial charge in [0.1, 0.15) is 11.4 Å². The van der Waals surface area contributed by atoms with Crippen LogP contribution in [0.3, 0.4) is 0 Å². The number of ether oxygens (including phenoxy) is 1. The smallest absolute Gasteiger partial charge is 0.272 e. The van der Waals surface area contributed by atoms with Crippen molar-refractivity contribution in [2.45, 2.75) is 4.90 Å². The van der Waals surface area contributed by atoms with Gasteiger partial charge in [0.2, 0.25) is 0 Å². The monoisotopic (exact) mass is 418 g/mol. The molecule has 3 rings (SSSR count). The fourth-order valence-electron chi connectivity index (χ4n) is 2.78. The van der Waals surface area contributed by atoms with Crippen molar-refractivity contribution in [1.82, 2.24) is 5.32 Å². The summed E-state index contributed by atoms with van der Waals surface area (Å²) in [6, 6.07) is 23.5. The number of hydrogen-bond acceptors (Lipinski definition) is 4. The molecule has 0 spiro atoms. The zero-order chi connectivity index (χ0) is 21.3. The lowest BCUT2D eigenvalue weighted by molar-refractivity contribution is -0.113. The maximum absolute atomic E-state index is 13.0. The highest BCUT2D eigenvalue weighted by molar-refractivity contribution is 7.98. The van der Waals surface area contributed by atoms with E-state index in [0.717, 1.165) is 4.90 Å². The zero-order valence-corrected chi connectivity index (χ0v) is 17.5. The summed E-state index contributed by atoms with van der Waals surface area (Å²) in [7, 11) is 1.56. The third-order valence-corrected chi connectivity index (χ3v) is 5.02. The summed E-state index contributed by atoms with van der Waals surface area (Å²) >= 11 is 1.58. The second-order valence-corrected chi connectivity index (χ2v) is 7.19. The van der Waals surface area contributed by atoms with E-state index in [1.807, 2.05) is 48.7 Å². The quantitative estimate of drug-likeness (QED) is 0.426. The first-order valence-electron chi connectivity index (χ1n) is 9.27. The van der Waals surface area contributed by atoms with E-state index in [2.05, 4.69) is 10.6 Å². The minimum absolute atomic E-state index is 0.114. The number of benzene rings is 3. The maximum Gasteiger partial charge on any atom is 0.272 e. The minimum atomic E-state index is -0.427. The summed E-state index contributed by atoms with van der Waals surface area (Å²) in [5.41, 5.74) is 1.90. The van der Waals surface area contributed by atoms with Crippen LogP contribution in [0.5, 0.6) is 5.75 Å². The van der Waals surface area contributed by atoms with Gasteiger partial charge in [0.25, 0.3) is 11.8 Å². The summed E-state index contributed by atoms with van der Waals surface area (Å²) in [6.45, 7) is 0. The Bertz CT molecular complexity index is 1060. The number of thioether (sulfide) groups is 1. The molecule has 0 fully saturated rings. The predicted octanol–water partition coefficient (Wildman–Crippen LogP) is 4.83. The summed E-state index contributed by atoms with van der Waals surface area (Å²) in [5, 5.41) is 5.59. The SMILES string of the molecule is COc1ccccc1/C=C(/NC(=O)c1ccccc1)C(=O)Nc1cccc(SC)c1. The van der Waals surface area contributed by atoms with Gasteiger partial charge in [-0.3, -0.25) is 9.59 Å². The van der Waals surface area contributed by atoms with Crippen LogP contribution in [0.25, 0.3) is 6.08 Å². The average Bonchev–Trinajstić information content (AvgIpc) is 2.79. The molecule has 2 N–H and O–H groups in total. The third-order valence-electron chi connectivity index (χ3n) is 4.30. The average molecular weight is 419 g/mol. The molecule has 3 aromatic rings. The van der Waals surface area contributed by atoms with Crippen molar-refractivity contribution >= 4 is 35.3 Å². The van der Waals surface area contributed by atoms with Gasteiger partial charge in [-0.2, -0.15) is 0 Å². The fourth-order valence-corrected chi connectivity index (χ4v) is 3.24. The lowest BCUT2D eigenvalue weighted by Crippen LogP contribution is -2.30. The van der Waals surface area contributed by atoms with E-state index in [1.54, 1.807) is 61.3 Å². The molecular formula is C24H22N2O3S. The second-order valence-electron chi connectivity index (χ2n) is 6.31. The normalized spacial score (nSPS) is 10.9. The molecule has 152 valence electrons. The number of nitrogens with one attached hydrogen (secondary N) is 2. The number of carbonyl (C=O) groups excluding carboxylic acids is 2. The van der Waals surface area contributed by atoms with Crippen LogP contribution in [0.1, 0.15) is 15.9 Å². The van der Waals surface area contributed by atoms with Gasteiger partial charge in [-0.25, -0.2) is 0 Å². The van der Waals surface area contributed by atoms with Gasteiger partial charge in [0.15, 0.2) is 0 Å². The number of methoxy groups -OCH3 is 1. The molecule has 0 bridgehead atoms. The first-order valence-corrected chi connectivity index (χ1v) is 10.5. The fraction of sp³-hybridized carbons (Fsp3) is 0.0833. The van der Waals surface area contributed by atoms with Gasteiger partial charge in [0.05, 0.1) is 7.11 Å². The largest absolute Gasteiger partial charge is 0.496 e. The van der Waals surface area contributed by atoms with Crippen LogP contribution in [0.4, 0.5) is 5.69 Å². The molecule has 5 nitrogen and oxygen atoms in total. The van der Waals surface area contributed by atoms with E-state index in [0.29, 0.717) is 22.6 Å². The second kappa shape index (κ2) is 10.3. The Morgan fingerprint density at radius 1 is 0.933 bits per heavy atom. The van der Waals surface area contributed by atoms with Crippen molar-refractivity contribution in [3.8, 4) is 5.75 Å². The molecule has 0 heterocycles. The van der Waals surface area contributed by atoms with Crippen LogP contribution in [0.2, 0.25) is 0 Å². The zero-order valence-electron chi connectivity index (χ0n) is 16.7. The maximum atomic E-state index is 13.0. The Labute approximate surface area is 180 Å². The number of amides is 2. The van der Waals surface area contributed by atoms with Crippen molar-refractivity contribution in [3.05, 3.63) is 95.7 Å². The van der Waals surface area contributed by atoms with E-state index >= 15 is 0 Å². The lowest BCUT2D eigenvalue weighted by atomic mass is 10.1. The Hall–Kier alpha value is -3.51. The van der Waals surface area contributed by atoms with Crippen LogP contribution in [-0.4, -0.2) is 25.2 Å². The molecule has 6 heteroatoms. The molecule has 3 aromatic carbocycles. The number of carbonyl (C=O) groups is 2. The van der Waals surface area contributed by atoms with Crippen molar-refractivity contribution in [2.75, 3.05) is 18.7 Å². The topological polar surface area (TPSA) is 67.4 Å².